The van der Waals surface area contributed by atoms with E-state index in [1.54, 1.807) is 19.2 Å². The lowest BCUT2D eigenvalue weighted by Gasteiger charge is -2.30. The Morgan fingerprint density at radius 3 is 2.37 bits per heavy atom. The second-order valence-corrected chi connectivity index (χ2v) is 10.1. The van der Waals surface area contributed by atoms with Crippen LogP contribution in [-0.2, 0) is 9.84 Å². The van der Waals surface area contributed by atoms with Crippen molar-refractivity contribution in [1.82, 2.24) is 10.2 Å². The highest BCUT2D eigenvalue weighted by Gasteiger charge is 2.35. The van der Waals surface area contributed by atoms with Gasteiger partial charge in [0.1, 0.15) is 5.75 Å². The number of nitrogens with one attached hydrogen (secondary N) is 1. The van der Waals surface area contributed by atoms with Gasteiger partial charge in [0.05, 0.1) is 22.9 Å². The molecule has 0 saturated heterocycles. The Kier molecular flexibility index (Phi) is 7.05. The van der Waals surface area contributed by atoms with E-state index in [2.05, 4.69) is 24.1 Å². The van der Waals surface area contributed by atoms with E-state index in [0.717, 1.165) is 24.4 Å². The first-order valence-corrected chi connectivity index (χ1v) is 13.0. The van der Waals surface area contributed by atoms with Gasteiger partial charge in [-0.2, -0.15) is 0 Å². The minimum absolute atomic E-state index is 0.0327. The summed E-state index contributed by atoms with van der Waals surface area (Å²) < 4.78 is 31.7. The standard InChI is InChI=1S/C27H28N2O5S/c1-4-29(5-2)23(18-9-8-10-20(15-18)34-3)17-28-27(31)19-13-14-22-25(16-19)35(32,33)24-12-7-6-11-21(24)26(22)30/h6-16,23H,4-5,17H2,1-3H3,(H,28,31)/t23-/m1/s1. The highest BCUT2D eigenvalue weighted by molar-refractivity contribution is 7.91. The number of hydrogen-bond donors (Lipinski definition) is 1. The van der Waals surface area contributed by atoms with Gasteiger partial charge in [0.25, 0.3) is 5.91 Å². The number of sulfone groups is 1. The third kappa shape index (κ3) is 4.59. The van der Waals surface area contributed by atoms with E-state index >= 15 is 0 Å². The second kappa shape index (κ2) is 10.0. The van der Waals surface area contributed by atoms with Crippen LogP contribution in [0.2, 0.25) is 0 Å². The van der Waals surface area contributed by atoms with Gasteiger partial charge in [-0.3, -0.25) is 14.5 Å². The molecule has 35 heavy (non-hydrogen) atoms. The summed E-state index contributed by atoms with van der Waals surface area (Å²) >= 11 is 0. The zero-order chi connectivity index (χ0) is 25.2. The topological polar surface area (TPSA) is 92.8 Å². The molecule has 1 atom stereocenters. The van der Waals surface area contributed by atoms with Gasteiger partial charge in [-0.15, -0.1) is 0 Å². The summed E-state index contributed by atoms with van der Waals surface area (Å²) in [6.07, 6.45) is 0. The molecule has 3 aromatic carbocycles. The number of hydrogen-bond acceptors (Lipinski definition) is 6. The lowest BCUT2D eigenvalue weighted by atomic mass is 10.0. The fourth-order valence-corrected chi connectivity index (χ4v) is 6.17. The van der Waals surface area contributed by atoms with Crippen LogP contribution in [0.3, 0.4) is 0 Å². The van der Waals surface area contributed by atoms with Crippen LogP contribution in [0.25, 0.3) is 0 Å². The molecule has 182 valence electrons. The number of likely N-dealkylation sites (N-methyl/N-ethyl adjacent to an activating group) is 1. The zero-order valence-electron chi connectivity index (χ0n) is 19.9. The van der Waals surface area contributed by atoms with E-state index in [-0.39, 0.29) is 38.3 Å². The number of benzene rings is 3. The smallest absolute Gasteiger partial charge is 0.251 e. The quantitative estimate of drug-likeness (QED) is 0.401. The molecule has 0 unspecified atom stereocenters. The van der Waals surface area contributed by atoms with Crippen molar-refractivity contribution >= 4 is 21.5 Å². The number of nitrogens with zero attached hydrogens (tertiary/aromatic N) is 1. The molecule has 0 bridgehead atoms. The third-order valence-electron chi connectivity index (χ3n) is 6.39. The molecule has 1 aliphatic heterocycles. The van der Waals surface area contributed by atoms with Crippen LogP contribution in [0.1, 0.15) is 51.7 Å². The lowest BCUT2D eigenvalue weighted by molar-refractivity contribution is 0.0933. The summed E-state index contributed by atoms with van der Waals surface area (Å²) in [5, 5.41) is 2.95. The van der Waals surface area contributed by atoms with Crippen LogP contribution < -0.4 is 10.1 Å². The van der Waals surface area contributed by atoms with Crippen molar-refractivity contribution in [3.05, 3.63) is 89.0 Å². The van der Waals surface area contributed by atoms with Crippen molar-refractivity contribution in [3.63, 3.8) is 0 Å². The summed E-state index contributed by atoms with van der Waals surface area (Å²) in [6, 6.07) is 18.0. The highest BCUT2D eigenvalue weighted by atomic mass is 32.2. The van der Waals surface area contributed by atoms with Crippen LogP contribution in [-0.4, -0.2) is 51.8 Å². The molecule has 0 aromatic heterocycles. The Hall–Kier alpha value is -3.49. The summed E-state index contributed by atoms with van der Waals surface area (Å²) in [5.74, 6) is -0.0396. The van der Waals surface area contributed by atoms with E-state index in [4.69, 9.17) is 4.74 Å². The Balaban J connectivity index is 1.61. The molecule has 8 heteroatoms. The minimum Gasteiger partial charge on any atom is -0.497 e. The zero-order valence-corrected chi connectivity index (χ0v) is 20.8. The Bertz CT molecular complexity index is 1380. The molecule has 0 spiro atoms. The second-order valence-electron chi connectivity index (χ2n) is 8.26. The van der Waals surface area contributed by atoms with E-state index in [0.29, 0.717) is 6.54 Å². The highest BCUT2D eigenvalue weighted by Crippen LogP contribution is 2.34. The first-order chi connectivity index (χ1) is 16.8. The molecule has 0 radical (unpaired) electrons. The first-order valence-electron chi connectivity index (χ1n) is 11.5. The van der Waals surface area contributed by atoms with E-state index in [1.165, 1.54) is 30.3 Å². The Morgan fingerprint density at radius 1 is 0.943 bits per heavy atom. The number of fused-ring (bicyclic) bond motifs is 2. The summed E-state index contributed by atoms with van der Waals surface area (Å²) in [6.45, 7) is 6.00. The van der Waals surface area contributed by atoms with Crippen molar-refractivity contribution in [2.24, 2.45) is 0 Å². The van der Waals surface area contributed by atoms with Gasteiger partial charge in [0, 0.05) is 23.2 Å². The van der Waals surface area contributed by atoms with E-state index in [1.807, 2.05) is 24.3 Å². The molecule has 0 saturated carbocycles. The van der Waals surface area contributed by atoms with Crippen LogP contribution >= 0.6 is 0 Å². The Morgan fingerprint density at radius 2 is 1.66 bits per heavy atom. The van der Waals surface area contributed by atoms with Crippen molar-refractivity contribution in [2.45, 2.75) is 29.7 Å². The average Bonchev–Trinajstić information content (AvgIpc) is 2.89. The van der Waals surface area contributed by atoms with Gasteiger partial charge >= 0.3 is 0 Å². The minimum atomic E-state index is -3.92. The molecule has 1 heterocycles. The predicted molar refractivity (Wildman–Crippen MR) is 133 cm³/mol. The van der Waals surface area contributed by atoms with Crippen LogP contribution in [0.15, 0.2) is 76.5 Å². The van der Waals surface area contributed by atoms with Crippen molar-refractivity contribution in [1.29, 1.82) is 0 Å². The number of amides is 1. The van der Waals surface area contributed by atoms with Gasteiger partial charge < -0.3 is 10.1 Å². The van der Waals surface area contributed by atoms with Crippen LogP contribution in [0.4, 0.5) is 0 Å². The van der Waals surface area contributed by atoms with Gasteiger partial charge in [0.15, 0.2) is 5.78 Å². The largest absolute Gasteiger partial charge is 0.497 e. The average molecular weight is 493 g/mol. The fraction of sp³-hybridized carbons (Fsp3) is 0.259. The van der Waals surface area contributed by atoms with E-state index in [9.17, 15) is 18.0 Å². The molecule has 1 amide bonds. The molecule has 4 rings (SSSR count). The van der Waals surface area contributed by atoms with Crippen molar-refractivity contribution < 1.29 is 22.7 Å². The monoisotopic (exact) mass is 492 g/mol. The SMILES string of the molecule is CCN(CC)[C@H](CNC(=O)c1ccc2c(c1)S(=O)(=O)c1ccccc1C2=O)c1cccc(OC)c1. The first kappa shape index (κ1) is 24.6. The molecular formula is C27H28N2O5S. The van der Waals surface area contributed by atoms with Crippen LogP contribution in [0, 0.1) is 0 Å². The summed E-state index contributed by atoms with van der Waals surface area (Å²) in [4.78, 5) is 28.0. The fourth-order valence-electron chi connectivity index (χ4n) is 4.49. The maximum Gasteiger partial charge on any atom is 0.251 e. The number of carbonyl (C=O) groups is 2. The molecule has 3 aromatic rings. The maximum absolute atomic E-state index is 13.2. The number of carbonyl (C=O) groups excluding carboxylic acids is 2. The van der Waals surface area contributed by atoms with Gasteiger partial charge in [0.2, 0.25) is 9.84 Å². The molecule has 1 aliphatic rings. The molecular weight excluding hydrogens is 464 g/mol. The molecule has 0 aliphatic carbocycles. The number of ketones is 1. The summed E-state index contributed by atoms with van der Waals surface area (Å²) in [5.41, 5.74) is 1.42. The maximum atomic E-state index is 13.2. The van der Waals surface area contributed by atoms with Crippen molar-refractivity contribution in [2.75, 3.05) is 26.7 Å². The van der Waals surface area contributed by atoms with E-state index < -0.39 is 15.7 Å². The molecule has 1 N–H and O–H groups in total. The van der Waals surface area contributed by atoms with Crippen LogP contribution in [0.5, 0.6) is 5.75 Å². The van der Waals surface area contributed by atoms with Gasteiger partial charge in [-0.05, 0) is 61.1 Å². The predicted octanol–water partition coefficient (Wildman–Crippen LogP) is 3.89. The molecule has 0 fully saturated rings. The van der Waals surface area contributed by atoms with Gasteiger partial charge in [-0.1, -0.05) is 38.1 Å². The summed E-state index contributed by atoms with van der Waals surface area (Å²) in [7, 11) is -2.30. The number of rotatable bonds is 8. The normalized spacial score (nSPS) is 14.7. The third-order valence-corrected chi connectivity index (χ3v) is 8.24. The van der Waals surface area contributed by atoms with Crippen molar-refractivity contribution in [3.8, 4) is 5.75 Å². The Labute approximate surface area is 205 Å². The number of ether oxygens (including phenoxy) is 1. The van der Waals surface area contributed by atoms with Gasteiger partial charge in [-0.25, -0.2) is 8.42 Å². The molecule has 7 nitrogen and oxygen atoms in total. The lowest BCUT2D eigenvalue weighted by Crippen LogP contribution is -2.38. The number of methoxy groups -OCH3 is 1.